The molecule has 0 bridgehead atoms. The van der Waals surface area contributed by atoms with Gasteiger partial charge in [0, 0.05) is 23.6 Å². The Morgan fingerprint density at radius 3 is 2.50 bits per heavy atom. The summed E-state index contributed by atoms with van der Waals surface area (Å²) in [4.78, 5) is 15.7. The minimum atomic E-state index is -0.609. The molecular formula is C12H9FN2O. The highest BCUT2D eigenvalue weighted by atomic mass is 19.1. The van der Waals surface area contributed by atoms with E-state index in [1.165, 1.54) is 36.7 Å². The first kappa shape index (κ1) is 10.3. The van der Waals surface area contributed by atoms with E-state index in [9.17, 15) is 9.18 Å². The molecule has 0 unspecified atom stereocenters. The zero-order chi connectivity index (χ0) is 11.5. The topological polar surface area (TPSA) is 56.0 Å². The number of anilines is 1. The van der Waals surface area contributed by atoms with E-state index in [4.69, 9.17) is 5.73 Å². The van der Waals surface area contributed by atoms with Gasteiger partial charge in [-0.15, -0.1) is 0 Å². The number of nitrogens with two attached hydrogens (primary N) is 1. The first-order chi connectivity index (χ1) is 7.68. The van der Waals surface area contributed by atoms with Crippen LogP contribution in [0.15, 0.2) is 42.7 Å². The van der Waals surface area contributed by atoms with Crippen LogP contribution in [0.1, 0.15) is 15.9 Å². The molecule has 0 saturated carbocycles. The number of carbonyl (C=O) groups excluding carboxylic acids is 1. The van der Waals surface area contributed by atoms with Crippen LogP contribution in [0, 0.1) is 5.82 Å². The second-order valence-electron chi connectivity index (χ2n) is 3.30. The van der Waals surface area contributed by atoms with Gasteiger partial charge in [0.05, 0.1) is 5.56 Å². The smallest absolute Gasteiger partial charge is 0.196 e. The van der Waals surface area contributed by atoms with Crippen molar-refractivity contribution in [1.82, 2.24) is 4.98 Å². The van der Waals surface area contributed by atoms with E-state index in [1.807, 2.05) is 0 Å². The Morgan fingerprint density at radius 2 is 1.88 bits per heavy atom. The van der Waals surface area contributed by atoms with Crippen molar-refractivity contribution in [1.29, 1.82) is 0 Å². The van der Waals surface area contributed by atoms with Crippen LogP contribution in [-0.4, -0.2) is 10.8 Å². The number of pyridine rings is 1. The van der Waals surface area contributed by atoms with Crippen molar-refractivity contribution in [2.24, 2.45) is 0 Å². The molecule has 16 heavy (non-hydrogen) atoms. The maximum absolute atomic E-state index is 13.5. The van der Waals surface area contributed by atoms with Crippen molar-refractivity contribution in [3.63, 3.8) is 0 Å². The predicted octanol–water partition coefficient (Wildman–Crippen LogP) is 2.03. The molecule has 0 saturated heterocycles. The number of nitrogens with zero attached hydrogens (tertiary/aromatic N) is 1. The van der Waals surface area contributed by atoms with Crippen molar-refractivity contribution in [2.75, 3.05) is 5.73 Å². The lowest BCUT2D eigenvalue weighted by Gasteiger charge is -2.03. The molecule has 0 spiro atoms. The van der Waals surface area contributed by atoms with Crippen LogP contribution in [-0.2, 0) is 0 Å². The average Bonchev–Trinajstić information content (AvgIpc) is 2.29. The molecule has 1 aromatic heterocycles. The molecule has 2 N–H and O–H groups in total. The fourth-order valence-electron chi connectivity index (χ4n) is 1.37. The van der Waals surface area contributed by atoms with E-state index < -0.39 is 5.82 Å². The fraction of sp³-hybridized carbons (Fsp3) is 0. The SMILES string of the molecule is Nc1ccc(C(=O)c2ccncc2)c(F)c1. The molecule has 2 rings (SSSR count). The Labute approximate surface area is 91.7 Å². The van der Waals surface area contributed by atoms with Crippen molar-refractivity contribution in [3.8, 4) is 0 Å². The maximum atomic E-state index is 13.5. The molecule has 0 atom stereocenters. The van der Waals surface area contributed by atoms with Gasteiger partial charge in [-0.3, -0.25) is 9.78 Å². The van der Waals surface area contributed by atoms with Gasteiger partial charge < -0.3 is 5.73 Å². The largest absolute Gasteiger partial charge is 0.399 e. The first-order valence-electron chi connectivity index (χ1n) is 4.68. The highest BCUT2D eigenvalue weighted by Gasteiger charge is 2.13. The second kappa shape index (κ2) is 4.10. The normalized spacial score (nSPS) is 10.1. The van der Waals surface area contributed by atoms with E-state index in [1.54, 1.807) is 0 Å². The molecule has 0 aliphatic rings. The van der Waals surface area contributed by atoms with Crippen LogP contribution in [0.4, 0.5) is 10.1 Å². The van der Waals surface area contributed by atoms with Gasteiger partial charge in [0.2, 0.25) is 0 Å². The Hall–Kier alpha value is -2.23. The summed E-state index contributed by atoms with van der Waals surface area (Å²) < 4.78 is 13.5. The van der Waals surface area contributed by atoms with Gasteiger partial charge in [-0.05, 0) is 30.3 Å². The van der Waals surface area contributed by atoms with Gasteiger partial charge >= 0.3 is 0 Å². The van der Waals surface area contributed by atoms with Gasteiger partial charge in [0.15, 0.2) is 5.78 Å². The Balaban J connectivity index is 2.42. The molecule has 1 aromatic carbocycles. The first-order valence-corrected chi connectivity index (χ1v) is 4.68. The molecule has 2 aromatic rings. The third-order valence-corrected chi connectivity index (χ3v) is 2.18. The van der Waals surface area contributed by atoms with Crippen LogP contribution in [0.2, 0.25) is 0 Å². The number of carbonyl (C=O) groups is 1. The maximum Gasteiger partial charge on any atom is 0.196 e. The van der Waals surface area contributed by atoms with Gasteiger partial charge in [-0.25, -0.2) is 4.39 Å². The standard InChI is InChI=1S/C12H9FN2O/c13-11-7-9(14)1-2-10(11)12(16)8-3-5-15-6-4-8/h1-7H,14H2. The predicted molar refractivity (Wildman–Crippen MR) is 58.5 cm³/mol. The lowest BCUT2D eigenvalue weighted by atomic mass is 10.0. The molecule has 0 aliphatic heterocycles. The van der Waals surface area contributed by atoms with Crippen LogP contribution in [0.3, 0.4) is 0 Å². The summed E-state index contributed by atoms with van der Waals surface area (Å²) in [7, 11) is 0. The average molecular weight is 216 g/mol. The fourth-order valence-corrected chi connectivity index (χ4v) is 1.37. The zero-order valence-electron chi connectivity index (χ0n) is 8.35. The highest BCUT2D eigenvalue weighted by molar-refractivity contribution is 6.09. The van der Waals surface area contributed by atoms with E-state index in [-0.39, 0.29) is 11.3 Å². The lowest BCUT2D eigenvalue weighted by Crippen LogP contribution is -2.04. The minimum absolute atomic E-state index is 0.0143. The molecule has 0 aliphatic carbocycles. The number of rotatable bonds is 2. The van der Waals surface area contributed by atoms with Crippen molar-refractivity contribution < 1.29 is 9.18 Å². The third-order valence-electron chi connectivity index (χ3n) is 2.18. The highest BCUT2D eigenvalue weighted by Crippen LogP contribution is 2.15. The summed E-state index contributed by atoms with van der Waals surface area (Å²) in [5, 5.41) is 0. The number of ketones is 1. The summed E-state index contributed by atoms with van der Waals surface area (Å²) in [6.07, 6.45) is 2.98. The Morgan fingerprint density at radius 1 is 1.19 bits per heavy atom. The molecule has 0 amide bonds. The molecule has 1 heterocycles. The Bertz CT molecular complexity index is 526. The summed E-state index contributed by atoms with van der Waals surface area (Å²) in [5.41, 5.74) is 6.12. The lowest BCUT2D eigenvalue weighted by molar-refractivity contribution is 0.103. The molecule has 3 nitrogen and oxygen atoms in total. The summed E-state index contributed by atoms with van der Waals surface area (Å²) >= 11 is 0. The number of hydrogen-bond donors (Lipinski definition) is 1. The quantitative estimate of drug-likeness (QED) is 0.617. The number of hydrogen-bond acceptors (Lipinski definition) is 3. The summed E-state index contributed by atoms with van der Waals surface area (Å²) in [6.45, 7) is 0. The third kappa shape index (κ3) is 1.91. The van der Waals surface area contributed by atoms with Crippen LogP contribution in [0.5, 0.6) is 0 Å². The molecule has 0 fully saturated rings. The minimum Gasteiger partial charge on any atom is -0.399 e. The molecule has 4 heteroatoms. The van der Waals surface area contributed by atoms with Crippen LogP contribution < -0.4 is 5.73 Å². The van der Waals surface area contributed by atoms with Gasteiger partial charge in [0.1, 0.15) is 5.82 Å². The van der Waals surface area contributed by atoms with E-state index in [2.05, 4.69) is 4.98 Å². The Kier molecular flexibility index (Phi) is 2.64. The van der Waals surface area contributed by atoms with E-state index >= 15 is 0 Å². The monoisotopic (exact) mass is 216 g/mol. The van der Waals surface area contributed by atoms with Crippen LogP contribution >= 0.6 is 0 Å². The molecule has 0 radical (unpaired) electrons. The van der Waals surface area contributed by atoms with E-state index in [0.717, 1.165) is 6.07 Å². The van der Waals surface area contributed by atoms with Gasteiger partial charge in [-0.2, -0.15) is 0 Å². The van der Waals surface area contributed by atoms with Crippen molar-refractivity contribution >= 4 is 11.5 Å². The van der Waals surface area contributed by atoms with E-state index in [0.29, 0.717) is 11.3 Å². The summed E-state index contributed by atoms with van der Waals surface area (Å²) in [5.74, 6) is -0.985. The van der Waals surface area contributed by atoms with Gasteiger partial charge in [-0.1, -0.05) is 0 Å². The second-order valence-corrected chi connectivity index (χ2v) is 3.30. The van der Waals surface area contributed by atoms with Gasteiger partial charge in [0.25, 0.3) is 0 Å². The molecular weight excluding hydrogens is 207 g/mol. The number of aromatic nitrogens is 1. The summed E-state index contributed by atoms with van der Waals surface area (Å²) in [6, 6.07) is 7.09. The number of benzene rings is 1. The van der Waals surface area contributed by atoms with Crippen molar-refractivity contribution in [3.05, 3.63) is 59.7 Å². The van der Waals surface area contributed by atoms with Crippen molar-refractivity contribution in [2.45, 2.75) is 0 Å². The zero-order valence-corrected chi connectivity index (χ0v) is 8.35. The number of nitrogen functional groups attached to an aromatic ring is 1. The molecule has 80 valence electrons. The van der Waals surface area contributed by atoms with Crippen LogP contribution in [0.25, 0.3) is 0 Å². The number of halogens is 1.